The fourth-order valence-corrected chi connectivity index (χ4v) is 4.28. The average Bonchev–Trinajstić information content (AvgIpc) is 3.27. The SMILES string of the molecule is CCc1ccc(-c2nc(-c3ccc(S(=O)(=O)N[C@@H](C(=O)OC)C(C)C)cc3)no2)cc1. The molecule has 0 amide bonds. The second kappa shape index (κ2) is 9.40. The Morgan fingerprint density at radius 1 is 1.06 bits per heavy atom. The first kappa shape index (κ1) is 22.6. The molecule has 0 radical (unpaired) electrons. The summed E-state index contributed by atoms with van der Waals surface area (Å²) in [5, 5.41) is 3.99. The van der Waals surface area contributed by atoms with Crippen molar-refractivity contribution >= 4 is 16.0 Å². The van der Waals surface area contributed by atoms with Gasteiger partial charge in [0.15, 0.2) is 0 Å². The van der Waals surface area contributed by atoms with E-state index in [9.17, 15) is 13.2 Å². The molecule has 0 fully saturated rings. The van der Waals surface area contributed by atoms with Gasteiger partial charge < -0.3 is 9.26 Å². The summed E-state index contributed by atoms with van der Waals surface area (Å²) in [6.45, 7) is 5.55. The summed E-state index contributed by atoms with van der Waals surface area (Å²) in [5.74, 6) is -0.179. The number of methoxy groups -OCH3 is 1. The summed E-state index contributed by atoms with van der Waals surface area (Å²) in [7, 11) is -2.70. The number of sulfonamides is 1. The molecule has 3 aromatic rings. The van der Waals surface area contributed by atoms with Gasteiger partial charge in [-0.05, 0) is 54.3 Å². The van der Waals surface area contributed by atoms with E-state index < -0.39 is 22.0 Å². The van der Waals surface area contributed by atoms with Crippen molar-refractivity contribution in [3.63, 3.8) is 0 Å². The van der Waals surface area contributed by atoms with Crippen LogP contribution in [0.1, 0.15) is 26.3 Å². The van der Waals surface area contributed by atoms with Crippen LogP contribution < -0.4 is 4.72 Å². The maximum absolute atomic E-state index is 12.7. The molecule has 1 N–H and O–H groups in total. The summed E-state index contributed by atoms with van der Waals surface area (Å²) < 4.78 is 37.8. The lowest BCUT2D eigenvalue weighted by molar-refractivity contribution is -0.143. The van der Waals surface area contributed by atoms with Gasteiger partial charge in [-0.25, -0.2) is 8.42 Å². The van der Waals surface area contributed by atoms with Gasteiger partial charge in [0.05, 0.1) is 12.0 Å². The standard InChI is InChI=1S/C22H25N3O5S/c1-5-15-6-8-17(9-7-15)21-23-20(24-30-21)16-10-12-18(13-11-16)31(27,28)25-19(14(2)3)22(26)29-4/h6-14,19,25H,5H2,1-4H3/t19-/m1/s1. The Balaban J connectivity index is 1.79. The van der Waals surface area contributed by atoms with Gasteiger partial charge in [0.1, 0.15) is 6.04 Å². The normalized spacial score (nSPS) is 12.7. The molecule has 1 heterocycles. The Morgan fingerprint density at radius 2 is 1.68 bits per heavy atom. The zero-order valence-electron chi connectivity index (χ0n) is 17.8. The fourth-order valence-electron chi connectivity index (χ4n) is 2.94. The van der Waals surface area contributed by atoms with Gasteiger partial charge in [-0.15, -0.1) is 0 Å². The Labute approximate surface area is 181 Å². The van der Waals surface area contributed by atoms with E-state index in [1.807, 2.05) is 24.3 Å². The first-order valence-corrected chi connectivity index (χ1v) is 11.4. The van der Waals surface area contributed by atoms with Crippen molar-refractivity contribution in [2.75, 3.05) is 7.11 Å². The molecule has 3 rings (SSSR count). The van der Waals surface area contributed by atoms with E-state index in [1.54, 1.807) is 26.0 Å². The molecule has 0 aliphatic rings. The van der Waals surface area contributed by atoms with E-state index >= 15 is 0 Å². The number of hydrogen-bond acceptors (Lipinski definition) is 7. The highest BCUT2D eigenvalue weighted by molar-refractivity contribution is 7.89. The number of rotatable bonds is 8. The smallest absolute Gasteiger partial charge is 0.324 e. The first-order valence-electron chi connectivity index (χ1n) is 9.88. The Morgan fingerprint density at radius 3 is 2.23 bits per heavy atom. The van der Waals surface area contributed by atoms with E-state index in [0.717, 1.165) is 12.0 Å². The van der Waals surface area contributed by atoms with Crippen molar-refractivity contribution < 1.29 is 22.5 Å². The monoisotopic (exact) mass is 443 g/mol. The summed E-state index contributed by atoms with van der Waals surface area (Å²) in [4.78, 5) is 16.3. The van der Waals surface area contributed by atoms with E-state index in [0.29, 0.717) is 17.3 Å². The van der Waals surface area contributed by atoms with Crippen LogP contribution in [0.2, 0.25) is 0 Å². The van der Waals surface area contributed by atoms with Crippen LogP contribution in [-0.4, -0.2) is 37.7 Å². The number of nitrogens with one attached hydrogen (secondary N) is 1. The molecule has 9 heteroatoms. The Kier molecular flexibility index (Phi) is 6.87. The van der Waals surface area contributed by atoms with E-state index in [-0.39, 0.29) is 10.8 Å². The number of carbonyl (C=O) groups is 1. The number of nitrogens with zero attached hydrogens (tertiary/aromatic N) is 2. The van der Waals surface area contributed by atoms with Gasteiger partial charge in [-0.2, -0.15) is 9.71 Å². The zero-order chi connectivity index (χ0) is 22.6. The van der Waals surface area contributed by atoms with Crippen LogP contribution in [0, 0.1) is 5.92 Å². The molecular weight excluding hydrogens is 418 g/mol. The molecule has 1 aromatic heterocycles. The van der Waals surface area contributed by atoms with E-state index in [2.05, 4.69) is 21.8 Å². The summed E-state index contributed by atoms with van der Waals surface area (Å²) in [6.07, 6.45) is 0.941. The second-order valence-corrected chi connectivity index (χ2v) is 9.08. The van der Waals surface area contributed by atoms with Gasteiger partial charge in [-0.3, -0.25) is 4.79 Å². The van der Waals surface area contributed by atoms with Crippen molar-refractivity contribution in [1.82, 2.24) is 14.9 Å². The highest BCUT2D eigenvalue weighted by Gasteiger charge is 2.29. The van der Waals surface area contributed by atoms with Crippen LogP contribution in [0.3, 0.4) is 0 Å². The number of ether oxygens (including phenoxy) is 1. The largest absolute Gasteiger partial charge is 0.468 e. The number of hydrogen-bond donors (Lipinski definition) is 1. The van der Waals surface area contributed by atoms with Gasteiger partial charge in [0, 0.05) is 11.1 Å². The van der Waals surface area contributed by atoms with Crippen LogP contribution >= 0.6 is 0 Å². The average molecular weight is 444 g/mol. The number of benzene rings is 2. The molecule has 0 saturated carbocycles. The highest BCUT2D eigenvalue weighted by atomic mass is 32.2. The molecule has 0 unspecified atom stereocenters. The molecule has 0 bridgehead atoms. The molecule has 0 aliphatic carbocycles. The van der Waals surface area contributed by atoms with Crippen LogP contribution in [0.15, 0.2) is 57.9 Å². The van der Waals surface area contributed by atoms with Crippen LogP contribution in [-0.2, 0) is 26.0 Å². The maximum Gasteiger partial charge on any atom is 0.324 e. The number of aryl methyl sites for hydroxylation is 1. The number of aromatic nitrogens is 2. The molecule has 0 spiro atoms. The molecule has 31 heavy (non-hydrogen) atoms. The quantitative estimate of drug-likeness (QED) is 0.531. The molecule has 0 saturated heterocycles. The third-order valence-electron chi connectivity index (χ3n) is 4.86. The van der Waals surface area contributed by atoms with Gasteiger partial charge >= 0.3 is 5.97 Å². The molecule has 1 atom stereocenters. The van der Waals surface area contributed by atoms with Crippen molar-refractivity contribution in [3.8, 4) is 22.8 Å². The fraction of sp³-hybridized carbons (Fsp3) is 0.318. The predicted octanol–water partition coefficient (Wildman–Crippen LogP) is 3.44. The minimum absolute atomic E-state index is 0.0182. The van der Waals surface area contributed by atoms with Crippen molar-refractivity contribution in [2.45, 2.75) is 38.1 Å². The topological polar surface area (TPSA) is 111 Å². The third kappa shape index (κ3) is 5.18. The molecule has 0 aliphatic heterocycles. The summed E-state index contributed by atoms with van der Waals surface area (Å²) in [6, 6.07) is 12.9. The van der Waals surface area contributed by atoms with Crippen molar-refractivity contribution in [2.24, 2.45) is 5.92 Å². The Hall–Kier alpha value is -3.04. The molecule has 2 aromatic carbocycles. The lowest BCUT2D eigenvalue weighted by Crippen LogP contribution is -2.44. The van der Waals surface area contributed by atoms with E-state index in [4.69, 9.17) is 9.26 Å². The minimum atomic E-state index is -3.92. The van der Waals surface area contributed by atoms with Crippen LogP contribution in [0.5, 0.6) is 0 Å². The van der Waals surface area contributed by atoms with Gasteiger partial charge in [-0.1, -0.05) is 38.1 Å². The van der Waals surface area contributed by atoms with Crippen LogP contribution in [0.25, 0.3) is 22.8 Å². The lowest BCUT2D eigenvalue weighted by atomic mass is 10.1. The molecular formula is C22H25N3O5S. The van der Waals surface area contributed by atoms with Crippen molar-refractivity contribution in [3.05, 3.63) is 54.1 Å². The highest BCUT2D eigenvalue weighted by Crippen LogP contribution is 2.24. The van der Waals surface area contributed by atoms with Gasteiger partial charge in [0.25, 0.3) is 5.89 Å². The summed E-state index contributed by atoms with van der Waals surface area (Å²) in [5.41, 5.74) is 2.62. The number of carbonyl (C=O) groups excluding carboxylic acids is 1. The second-order valence-electron chi connectivity index (χ2n) is 7.36. The minimum Gasteiger partial charge on any atom is -0.468 e. The predicted molar refractivity (Wildman–Crippen MR) is 116 cm³/mol. The summed E-state index contributed by atoms with van der Waals surface area (Å²) >= 11 is 0. The van der Waals surface area contributed by atoms with E-state index in [1.165, 1.54) is 24.8 Å². The Bertz CT molecular complexity index is 1140. The first-order chi connectivity index (χ1) is 14.7. The maximum atomic E-state index is 12.7. The lowest BCUT2D eigenvalue weighted by Gasteiger charge is -2.19. The molecule has 164 valence electrons. The third-order valence-corrected chi connectivity index (χ3v) is 6.32. The zero-order valence-corrected chi connectivity index (χ0v) is 18.6. The van der Waals surface area contributed by atoms with Crippen LogP contribution in [0.4, 0.5) is 0 Å². The van der Waals surface area contributed by atoms with Gasteiger partial charge in [0.2, 0.25) is 15.8 Å². The van der Waals surface area contributed by atoms with Crippen molar-refractivity contribution in [1.29, 1.82) is 0 Å². The number of esters is 1. The molecule has 8 nitrogen and oxygen atoms in total.